The van der Waals surface area contributed by atoms with Crippen molar-refractivity contribution in [1.29, 1.82) is 0 Å². The largest absolute Gasteiger partial charge is 0.481 e. The average molecular weight is 255 g/mol. The van der Waals surface area contributed by atoms with Crippen LogP contribution in [0, 0.1) is 11.8 Å². The van der Waals surface area contributed by atoms with Gasteiger partial charge < -0.3 is 10.0 Å². The Kier molecular flexibility index (Phi) is 5.63. The van der Waals surface area contributed by atoms with Crippen molar-refractivity contribution < 1.29 is 14.7 Å². The highest BCUT2D eigenvalue weighted by molar-refractivity contribution is 5.80. The molecule has 3 atom stereocenters. The van der Waals surface area contributed by atoms with E-state index in [4.69, 9.17) is 5.11 Å². The zero-order chi connectivity index (χ0) is 13.7. The fourth-order valence-corrected chi connectivity index (χ4v) is 2.53. The Balaban J connectivity index is 2.61. The van der Waals surface area contributed by atoms with E-state index in [9.17, 15) is 9.59 Å². The number of carboxylic acid groups (broad SMARTS) is 1. The van der Waals surface area contributed by atoms with Gasteiger partial charge in [0.2, 0.25) is 5.91 Å². The minimum absolute atomic E-state index is 0.0138. The summed E-state index contributed by atoms with van der Waals surface area (Å²) >= 11 is 0. The Hall–Kier alpha value is -1.06. The van der Waals surface area contributed by atoms with E-state index < -0.39 is 5.97 Å². The van der Waals surface area contributed by atoms with Crippen LogP contribution in [0.5, 0.6) is 0 Å². The number of carbonyl (C=O) groups is 2. The zero-order valence-electron chi connectivity index (χ0n) is 11.7. The molecule has 104 valence electrons. The number of piperidine rings is 1. The summed E-state index contributed by atoms with van der Waals surface area (Å²) in [6.07, 6.45) is 4.52. The first-order valence-electron chi connectivity index (χ1n) is 7.00. The Morgan fingerprint density at radius 2 is 2.06 bits per heavy atom. The van der Waals surface area contributed by atoms with Crippen LogP contribution in [0.15, 0.2) is 0 Å². The molecule has 0 bridgehead atoms. The number of amides is 1. The molecule has 3 unspecified atom stereocenters. The van der Waals surface area contributed by atoms with Crippen LogP contribution in [0.1, 0.15) is 52.9 Å². The number of likely N-dealkylation sites (tertiary alicyclic amines) is 1. The van der Waals surface area contributed by atoms with Gasteiger partial charge >= 0.3 is 5.97 Å². The molecule has 0 aromatic carbocycles. The number of hydrogen-bond donors (Lipinski definition) is 1. The van der Waals surface area contributed by atoms with E-state index in [-0.39, 0.29) is 23.8 Å². The maximum absolute atomic E-state index is 12.3. The van der Waals surface area contributed by atoms with Crippen LogP contribution in [0.3, 0.4) is 0 Å². The standard InChI is InChI=1S/C14H25NO3/c1-4-5-6-10(2)13(16)15-9-12(14(17)18)8-7-11(15)3/h10-12H,4-9H2,1-3H3,(H,17,18). The van der Waals surface area contributed by atoms with Gasteiger partial charge in [-0.1, -0.05) is 26.7 Å². The Morgan fingerprint density at radius 3 is 2.61 bits per heavy atom. The van der Waals surface area contributed by atoms with Crippen molar-refractivity contribution in [1.82, 2.24) is 4.90 Å². The summed E-state index contributed by atoms with van der Waals surface area (Å²) < 4.78 is 0. The molecule has 4 heteroatoms. The van der Waals surface area contributed by atoms with Crippen molar-refractivity contribution in [2.24, 2.45) is 11.8 Å². The Bertz CT molecular complexity index is 303. The minimum Gasteiger partial charge on any atom is -0.481 e. The summed E-state index contributed by atoms with van der Waals surface area (Å²) in [6, 6.07) is 0.178. The molecule has 0 aromatic heterocycles. The topological polar surface area (TPSA) is 57.6 Å². The van der Waals surface area contributed by atoms with Crippen molar-refractivity contribution in [2.75, 3.05) is 6.54 Å². The monoisotopic (exact) mass is 255 g/mol. The second kappa shape index (κ2) is 6.76. The number of carboxylic acids is 1. The highest BCUT2D eigenvalue weighted by atomic mass is 16.4. The molecule has 0 saturated carbocycles. The third-order valence-corrected chi connectivity index (χ3v) is 3.93. The summed E-state index contributed by atoms with van der Waals surface area (Å²) in [5, 5.41) is 9.07. The summed E-state index contributed by atoms with van der Waals surface area (Å²) in [6.45, 7) is 6.46. The molecule has 1 fully saturated rings. The highest BCUT2D eigenvalue weighted by Crippen LogP contribution is 2.24. The van der Waals surface area contributed by atoms with E-state index >= 15 is 0 Å². The van der Waals surface area contributed by atoms with Gasteiger partial charge in [-0.05, 0) is 26.2 Å². The summed E-state index contributed by atoms with van der Waals surface area (Å²) in [4.78, 5) is 25.1. The normalized spacial score (nSPS) is 25.8. The molecule has 4 nitrogen and oxygen atoms in total. The Labute approximate surface area is 109 Å². The van der Waals surface area contributed by atoms with Crippen LogP contribution in [0.2, 0.25) is 0 Å². The molecular formula is C14H25NO3. The van der Waals surface area contributed by atoms with Crippen LogP contribution >= 0.6 is 0 Å². The summed E-state index contributed by atoms with van der Waals surface area (Å²) in [5.41, 5.74) is 0. The van der Waals surface area contributed by atoms with Crippen LogP contribution in [-0.4, -0.2) is 34.5 Å². The molecule has 1 heterocycles. The smallest absolute Gasteiger partial charge is 0.308 e. The van der Waals surface area contributed by atoms with Crippen LogP contribution in [0.4, 0.5) is 0 Å². The van der Waals surface area contributed by atoms with Crippen molar-refractivity contribution in [3.8, 4) is 0 Å². The molecule has 0 spiro atoms. The molecule has 0 aromatic rings. The lowest BCUT2D eigenvalue weighted by atomic mass is 9.91. The maximum atomic E-state index is 12.3. The number of rotatable bonds is 5. The van der Waals surface area contributed by atoms with E-state index in [1.165, 1.54) is 0 Å². The van der Waals surface area contributed by atoms with E-state index in [0.717, 1.165) is 25.7 Å². The predicted molar refractivity (Wildman–Crippen MR) is 70.2 cm³/mol. The number of nitrogens with zero attached hydrogens (tertiary/aromatic N) is 1. The number of aliphatic carboxylic acids is 1. The molecule has 1 aliphatic rings. The van der Waals surface area contributed by atoms with Gasteiger partial charge in [-0.2, -0.15) is 0 Å². The fraction of sp³-hybridized carbons (Fsp3) is 0.857. The maximum Gasteiger partial charge on any atom is 0.308 e. The quantitative estimate of drug-likeness (QED) is 0.821. The molecule has 1 N–H and O–H groups in total. The van der Waals surface area contributed by atoms with E-state index in [2.05, 4.69) is 6.92 Å². The SMILES string of the molecule is CCCCC(C)C(=O)N1CC(C(=O)O)CCC1C. The highest BCUT2D eigenvalue weighted by Gasteiger charge is 2.33. The molecule has 1 rings (SSSR count). The molecular weight excluding hydrogens is 230 g/mol. The van der Waals surface area contributed by atoms with Crippen LogP contribution < -0.4 is 0 Å². The fourth-order valence-electron chi connectivity index (χ4n) is 2.53. The van der Waals surface area contributed by atoms with E-state index in [1.54, 1.807) is 4.90 Å². The van der Waals surface area contributed by atoms with Crippen molar-refractivity contribution in [2.45, 2.75) is 58.9 Å². The van der Waals surface area contributed by atoms with Gasteiger partial charge in [0.15, 0.2) is 0 Å². The van der Waals surface area contributed by atoms with Crippen molar-refractivity contribution in [3.05, 3.63) is 0 Å². The van der Waals surface area contributed by atoms with Gasteiger partial charge in [0.25, 0.3) is 0 Å². The predicted octanol–water partition coefficient (Wildman–Crippen LogP) is 2.52. The van der Waals surface area contributed by atoms with Gasteiger partial charge in [0.1, 0.15) is 0 Å². The first-order chi connectivity index (χ1) is 8.47. The van der Waals surface area contributed by atoms with E-state index in [1.807, 2.05) is 13.8 Å². The van der Waals surface area contributed by atoms with Gasteiger partial charge in [0, 0.05) is 18.5 Å². The summed E-state index contributed by atoms with van der Waals surface area (Å²) in [5.74, 6) is -1.02. The lowest BCUT2D eigenvalue weighted by Crippen LogP contribution is -2.49. The molecule has 18 heavy (non-hydrogen) atoms. The van der Waals surface area contributed by atoms with E-state index in [0.29, 0.717) is 13.0 Å². The third-order valence-electron chi connectivity index (χ3n) is 3.93. The molecule has 0 aliphatic carbocycles. The van der Waals surface area contributed by atoms with Gasteiger partial charge in [0.05, 0.1) is 5.92 Å². The lowest BCUT2D eigenvalue weighted by molar-refractivity contribution is -0.148. The number of hydrogen-bond acceptors (Lipinski definition) is 2. The average Bonchev–Trinajstić information content (AvgIpc) is 2.35. The Morgan fingerprint density at radius 1 is 1.39 bits per heavy atom. The minimum atomic E-state index is -0.777. The van der Waals surface area contributed by atoms with Gasteiger partial charge in [-0.15, -0.1) is 0 Å². The van der Waals surface area contributed by atoms with Gasteiger partial charge in [-0.3, -0.25) is 9.59 Å². The number of unbranched alkanes of at least 4 members (excludes halogenated alkanes) is 1. The lowest BCUT2D eigenvalue weighted by Gasteiger charge is -2.38. The van der Waals surface area contributed by atoms with Crippen LogP contribution in [0.25, 0.3) is 0 Å². The van der Waals surface area contributed by atoms with Gasteiger partial charge in [-0.25, -0.2) is 0 Å². The first-order valence-corrected chi connectivity index (χ1v) is 7.00. The molecule has 0 radical (unpaired) electrons. The molecule has 1 amide bonds. The zero-order valence-corrected chi connectivity index (χ0v) is 11.7. The first kappa shape index (κ1) is 15.0. The molecule has 1 aliphatic heterocycles. The second-order valence-corrected chi connectivity index (χ2v) is 5.50. The number of carbonyl (C=O) groups excluding carboxylic acids is 1. The van der Waals surface area contributed by atoms with Crippen molar-refractivity contribution >= 4 is 11.9 Å². The van der Waals surface area contributed by atoms with Crippen LogP contribution in [-0.2, 0) is 9.59 Å². The molecule has 1 saturated heterocycles. The van der Waals surface area contributed by atoms with Crippen molar-refractivity contribution in [3.63, 3.8) is 0 Å². The summed E-state index contributed by atoms with van der Waals surface area (Å²) in [7, 11) is 0. The second-order valence-electron chi connectivity index (χ2n) is 5.50. The third kappa shape index (κ3) is 3.72.